The monoisotopic (exact) mass is 270 g/mol. The fraction of sp³-hybridized carbons (Fsp3) is 0.571. The molecule has 100 valence electrons. The molecule has 1 heterocycles. The second-order valence-corrected chi connectivity index (χ2v) is 5.56. The van der Waals surface area contributed by atoms with E-state index in [1.165, 1.54) is 18.9 Å². The van der Waals surface area contributed by atoms with Gasteiger partial charge in [-0.1, -0.05) is 11.6 Å². The quantitative estimate of drug-likeness (QED) is 0.905. The Morgan fingerprint density at radius 2 is 2.11 bits per heavy atom. The van der Waals surface area contributed by atoms with Gasteiger partial charge in [0, 0.05) is 23.7 Å². The van der Waals surface area contributed by atoms with E-state index in [1.807, 2.05) is 7.05 Å². The Hall–Kier alpha value is -0.640. The van der Waals surface area contributed by atoms with E-state index in [0.29, 0.717) is 17.1 Å². The van der Waals surface area contributed by atoms with Crippen LogP contribution >= 0.6 is 11.6 Å². The van der Waals surface area contributed by atoms with Gasteiger partial charge < -0.3 is 10.2 Å². The van der Waals surface area contributed by atoms with Crippen molar-refractivity contribution in [3.05, 3.63) is 34.6 Å². The Kier molecular flexibility index (Phi) is 4.98. The predicted molar refractivity (Wildman–Crippen MR) is 73.3 cm³/mol. The second kappa shape index (κ2) is 6.50. The van der Waals surface area contributed by atoms with Crippen molar-refractivity contribution in [1.82, 2.24) is 10.2 Å². The molecule has 0 aliphatic carbocycles. The van der Waals surface area contributed by atoms with Gasteiger partial charge >= 0.3 is 0 Å². The van der Waals surface area contributed by atoms with Crippen LogP contribution in [-0.2, 0) is 6.54 Å². The summed E-state index contributed by atoms with van der Waals surface area (Å²) >= 11 is 5.90. The maximum Gasteiger partial charge on any atom is 0.127 e. The zero-order valence-corrected chi connectivity index (χ0v) is 11.5. The summed E-state index contributed by atoms with van der Waals surface area (Å²) in [7, 11) is 2.04. The molecule has 1 aliphatic heterocycles. The third-order valence-corrected chi connectivity index (χ3v) is 3.71. The number of halogens is 2. The van der Waals surface area contributed by atoms with Crippen LogP contribution in [0.2, 0.25) is 5.02 Å². The Morgan fingerprint density at radius 1 is 1.39 bits per heavy atom. The number of benzene rings is 1. The van der Waals surface area contributed by atoms with Gasteiger partial charge in [0.25, 0.3) is 0 Å². The lowest BCUT2D eigenvalue weighted by Gasteiger charge is -2.27. The first-order valence-corrected chi connectivity index (χ1v) is 6.86. The number of rotatable bonds is 4. The summed E-state index contributed by atoms with van der Waals surface area (Å²) in [5.74, 6) is 0.551. The van der Waals surface area contributed by atoms with Gasteiger partial charge in [-0.05, 0) is 57.1 Å². The topological polar surface area (TPSA) is 15.3 Å². The predicted octanol–water partition coefficient (Wildman–Crippen LogP) is 2.91. The summed E-state index contributed by atoms with van der Waals surface area (Å²) in [6.45, 7) is 3.85. The second-order valence-electron chi connectivity index (χ2n) is 5.13. The summed E-state index contributed by atoms with van der Waals surface area (Å²) in [6, 6.07) is 4.75. The van der Waals surface area contributed by atoms with Crippen molar-refractivity contribution in [2.45, 2.75) is 19.4 Å². The molecule has 0 spiro atoms. The first-order chi connectivity index (χ1) is 8.65. The number of hydrogen-bond acceptors (Lipinski definition) is 2. The summed E-state index contributed by atoms with van der Waals surface area (Å²) in [4.78, 5) is 2.19. The van der Waals surface area contributed by atoms with Crippen LogP contribution in [0.25, 0.3) is 0 Å². The molecule has 0 saturated carbocycles. The highest BCUT2D eigenvalue weighted by molar-refractivity contribution is 6.30. The molecule has 0 radical (unpaired) electrons. The SMILES string of the molecule is CN(Cc1cc(Cl)ccc1F)CC1CCNCC1. The summed E-state index contributed by atoms with van der Waals surface area (Å²) in [5, 5.41) is 3.96. The molecule has 2 nitrogen and oxygen atoms in total. The van der Waals surface area contributed by atoms with Crippen LogP contribution in [0, 0.1) is 11.7 Å². The molecule has 1 aliphatic rings. The van der Waals surface area contributed by atoms with Crippen molar-refractivity contribution >= 4 is 11.6 Å². The van der Waals surface area contributed by atoms with Crippen molar-refractivity contribution in [2.24, 2.45) is 5.92 Å². The molecule has 0 atom stereocenters. The van der Waals surface area contributed by atoms with Crippen LogP contribution in [0.5, 0.6) is 0 Å². The number of nitrogens with zero attached hydrogens (tertiary/aromatic N) is 1. The maximum absolute atomic E-state index is 13.6. The first-order valence-electron chi connectivity index (χ1n) is 6.48. The molecule has 1 aromatic carbocycles. The van der Waals surface area contributed by atoms with E-state index >= 15 is 0 Å². The van der Waals surface area contributed by atoms with Gasteiger partial charge in [0.2, 0.25) is 0 Å². The lowest BCUT2D eigenvalue weighted by molar-refractivity contribution is 0.232. The highest BCUT2D eigenvalue weighted by Crippen LogP contribution is 2.18. The van der Waals surface area contributed by atoms with E-state index < -0.39 is 0 Å². The Balaban J connectivity index is 1.89. The molecule has 1 fully saturated rings. The van der Waals surface area contributed by atoms with E-state index in [2.05, 4.69) is 10.2 Å². The van der Waals surface area contributed by atoms with Crippen molar-refractivity contribution in [2.75, 3.05) is 26.7 Å². The van der Waals surface area contributed by atoms with Gasteiger partial charge in [-0.25, -0.2) is 4.39 Å². The minimum Gasteiger partial charge on any atom is -0.317 e. The van der Waals surface area contributed by atoms with Gasteiger partial charge in [-0.3, -0.25) is 0 Å². The normalized spacial score (nSPS) is 17.3. The lowest BCUT2D eigenvalue weighted by Crippen LogP contribution is -2.34. The molecule has 0 unspecified atom stereocenters. The molecule has 0 aromatic heterocycles. The molecule has 1 aromatic rings. The van der Waals surface area contributed by atoms with Crippen LogP contribution in [0.15, 0.2) is 18.2 Å². The highest BCUT2D eigenvalue weighted by atomic mass is 35.5. The molecular weight excluding hydrogens is 251 g/mol. The summed E-state index contributed by atoms with van der Waals surface area (Å²) < 4.78 is 13.6. The van der Waals surface area contributed by atoms with Crippen LogP contribution < -0.4 is 5.32 Å². The number of piperidine rings is 1. The van der Waals surface area contributed by atoms with Crippen LogP contribution in [-0.4, -0.2) is 31.6 Å². The zero-order chi connectivity index (χ0) is 13.0. The Labute approximate surface area is 113 Å². The minimum absolute atomic E-state index is 0.170. The van der Waals surface area contributed by atoms with Crippen LogP contribution in [0.1, 0.15) is 18.4 Å². The third kappa shape index (κ3) is 3.94. The van der Waals surface area contributed by atoms with Crippen LogP contribution in [0.4, 0.5) is 4.39 Å². The molecule has 2 rings (SSSR count). The molecule has 18 heavy (non-hydrogen) atoms. The lowest BCUT2D eigenvalue weighted by atomic mass is 9.97. The third-order valence-electron chi connectivity index (χ3n) is 3.48. The van der Waals surface area contributed by atoms with Gasteiger partial charge in [-0.2, -0.15) is 0 Å². The van der Waals surface area contributed by atoms with Crippen molar-refractivity contribution < 1.29 is 4.39 Å². The van der Waals surface area contributed by atoms with E-state index in [-0.39, 0.29) is 5.82 Å². The van der Waals surface area contributed by atoms with E-state index in [0.717, 1.165) is 25.6 Å². The van der Waals surface area contributed by atoms with Gasteiger partial charge in [0.05, 0.1) is 0 Å². The summed E-state index contributed by atoms with van der Waals surface area (Å²) in [6.07, 6.45) is 2.42. The van der Waals surface area contributed by atoms with Crippen molar-refractivity contribution in [3.63, 3.8) is 0 Å². The average Bonchev–Trinajstić information content (AvgIpc) is 2.35. The summed E-state index contributed by atoms with van der Waals surface area (Å²) in [5.41, 5.74) is 0.680. The fourth-order valence-electron chi connectivity index (χ4n) is 2.52. The highest BCUT2D eigenvalue weighted by Gasteiger charge is 2.15. The average molecular weight is 271 g/mol. The Bertz CT molecular complexity index is 391. The largest absolute Gasteiger partial charge is 0.317 e. The maximum atomic E-state index is 13.6. The van der Waals surface area contributed by atoms with Crippen molar-refractivity contribution in [1.29, 1.82) is 0 Å². The molecule has 1 N–H and O–H groups in total. The van der Waals surface area contributed by atoms with Gasteiger partial charge in [0.15, 0.2) is 0 Å². The molecule has 0 amide bonds. The van der Waals surface area contributed by atoms with Crippen LogP contribution in [0.3, 0.4) is 0 Å². The smallest absolute Gasteiger partial charge is 0.127 e. The standard InChI is InChI=1S/C14H20ClFN2/c1-18(9-11-4-6-17-7-5-11)10-12-8-13(15)2-3-14(12)16/h2-3,8,11,17H,4-7,9-10H2,1H3. The zero-order valence-electron chi connectivity index (χ0n) is 10.8. The van der Waals surface area contributed by atoms with Gasteiger partial charge in [0.1, 0.15) is 5.82 Å². The van der Waals surface area contributed by atoms with E-state index in [9.17, 15) is 4.39 Å². The molecule has 4 heteroatoms. The Morgan fingerprint density at radius 3 is 2.83 bits per heavy atom. The molecule has 1 saturated heterocycles. The first kappa shape index (κ1) is 13.8. The van der Waals surface area contributed by atoms with Crippen molar-refractivity contribution in [3.8, 4) is 0 Å². The fourth-order valence-corrected chi connectivity index (χ4v) is 2.72. The number of hydrogen-bond donors (Lipinski definition) is 1. The number of nitrogens with one attached hydrogen (secondary N) is 1. The molecule has 0 bridgehead atoms. The van der Waals surface area contributed by atoms with E-state index in [4.69, 9.17) is 11.6 Å². The minimum atomic E-state index is -0.170. The molecular formula is C14H20ClFN2. The van der Waals surface area contributed by atoms with E-state index in [1.54, 1.807) is 12.1 Å². The van der Waals surface area contributed by atoms with Gasteiger partial charge in [-0.15, -0.1) is 0 Å².